The van der Waals surface area contributed by atoms with E-state index in [4.69, 9.17) is 4.42 Å². The molecule has 1 atom stereocenters. The van der Waals surface area contributed by atoms with Crippen LogP contribution < -0.4 is 4.72 Å². The number of nitrogens with one attached hydrogen (secondary N) is 1. The number of sulfone groups is 1. The second-order valence-corrected chi connectivity index (χ2v) is 7.88. The lowest BCUT2D eigenvalue weighted by atomic mass is 10.2. The third kappa shape index (κ3) is 3.08. The number of furan rings is 1. The van der Waals surface area contributed by atoms with Gasteiger partial charge in [-0.2, -0.15) is 0 Å². The van der Waals surface area contributed by atoms with Gasteiger partial charge in [0.05, 0.1) is 17.8 Å². The van der Waals surface area contributed by atoms with Crippen LogP contribution in [0.2, 0.25) is 0 Å². The Morgan fingerprint density at radius 3 is 2.76 bits per heavy atom. The quantitative estimate of drug-likeness (QED) is 0.849. The summed E-state index contributed by atoms with van der Waals surface area (Å²) < 4.78 is 53.4. The fraction of sp³-hybridized carbons (Fsp3) is 0.556. The summed E-state index contributed by atoms with van der Waals surface area (Å²) >= 11 is 0. The Morgan fingerprint density at radius 2 is 2.18 bits per heavy atom. The minimum Gasteiger partial charge on any atom is -0.452 e. The molecule has 0 aromatic carbocycles. The molecule has 0 radical (unpaired) electrons. The van der Waals surface area contributed by atoms with Crippen molar-refractivity contribution in [3.8, 4) is 0 Å². The van der Waals surface area contributed by atoms with Gasteiger partial charge < -0.3 is 4.42 Å². The third-order valence-electron chi connectivity index (χ3n) is 2.54. The average molecular weight is 279 g/mol. The predicted molar refractivity (Wildman–Crippen MR) is 60.7 cm³/mol. The van der Waals surface area contributed by atoms with E-state index in [-0.39, 0.29) is 16.6 Å². The lowest BCUT2D eigenvalue weighted by molar-refractivity contribution is 0.439. The van der Waals surface area contributed by atoms with Crippen molar-refractivity contribution in [1.82, 2.24) is 4.72 Å². The summed E-state index contributed by atoms with van der Waals surface area (Å²) in [6, 6.07) is 2.22. The highest BCUT2D eigenvalue weighted by Crippen LogP contribution is 2.16. The molecule has 2 heterocycles. The minimum atomic E-state index is -3.75. The van der Waals surface area contributed by atoms with E-state index >= 15 is 0 Å². The zero-order chi connectivity index (χ0) is 12.5. The number of sulfonamides is 1. The fourth-order valence-electron chi connectivity index (χ4n) is 1.81. The molecule has 0 amide bonds. The first-order valence-electron chi connectivity index (χ1n) is 5.15. The Balaban J connectivity index is 2.12. The van der Waals surface area contributed by atoms with E-state index in [2.05, 4.69) is 4.72 Å². The zero-order valence-corrected chi connectivity index (χ0v) is 10.6. The second kappa shape index (κ2) is 4.43. The maximum absolute atomic E-state index is 11.8. The van der Waals surface area contributed by atoms with Crippen molar-refractivity contribution in [3.63, 3.8) is 0 Å². The zero-order valence-electron chi connectivity index (χ0n) is 9.00. The van der Waals surface area contributed by atoms with Crippen LogP contribution in [0.15, 0.2) is 27.9 Å². The van der Waals surface area contributed by atoms with Gasteiger partial charge >= 0.3 is 0 Å². The van der Waals surface area contributed by atoms with Crippen molar-refractivity contribution in [1.29, 1.82) is 0 Å². The molecule has 8 heteroatoms. The van der Waals surface area contributed by atoms with Crippen LogP contribution in [0.5, 0.6) is 0 Å². The van der Waals surface area contributed by atoms with Crippen LogP contribution in [0.4, 0.5) is 0 Å². The Labute approximate surface area is 100.0 Å². The van der Waals surface area contributed by atoms with E-state index in [1.54, 1.807) is 0 Å². The van der Waals surface area contributed by atoms with Gasteiger partial charge in [0.2, 0.25) is 5.09 Å². The normalized spacial score (nSPS) is 24.6. The summed E-state index contributed by atoms with van der Waals surface area (Å²) in [5.41, 5.74) is 0. The van der Waals surface area contributed by atoms with E-state index in [9.17, 15) is 16.8 Å². The molecule has 17 heavy (non-hydrogen) atoms. The first kappa shape index (κ1) is 12.6. The molecule has 2 rings (SSSR count). The van der Waals surface area contributed by atoms with Gasteiger partial charge in [-0.1, -0.05) is 0 Å². The van der Waals surface area contributed by atoms with Crippen LogP contribution in [0.3, 0.4) is 0 Å². The van der Waals surface area contributed by atoms with E-state index in [1.165, 1.54) is 18.4 Å². The second-order valence-electron chi connectivity index (χ2n) is 4.01. The Bertz CT molecular complexity index is 573. The predicted octanol–water partition coefficient (Wildman–Crippen LogP) is 0.135. The van der Waals surface area contributed by atoms with E-state index < -0.39 is 25.9 Å². The van der Waals surface area contributed by atoms with E-state index in [1.807, 2.05) is 0 Å². The van der Waals surface area contributed by atoms with Crippen LogP contribution in [0.1, 0.15) is 12.8 Å². The number of hydrogen-bond acceptors (Lipinski definition) is 5. The lowest BCUT2D eigenvalue weighted by Crippen LogP contribution is -2.43. The maximum Gasteiger partial charge on any atom is 0.274 e. The molecule has 1 aromatic heterocycles. The summed E-state index contributed by atoms with van der Waals surface area (Å²) in [6.45, 7) is 0. The number of hydrogen-bond donors (Lipinski definition) is 1. The molecule has 1 fully saturated rings. The van der Waals surface area contributed by atoms with E-state index in [0.717, 1.165) is 0 Å². The van der Waals surface area contributed by atoms with Crippen molar-refractivity contribution in [2.24, 2.45) is 0 Å². The van der Waals surface area contributed by atoms with Crippen molar-refractivity contribution >= 4 is 19.9 Å². The van der Waals surface area contributed by atoms with Crippen LogP contribution >= 0.6 is 0 Å². The summed E-state index contributed by atoms with van der Waals surface area (Å²) in [4.78, 5) is 0. The third-order valence-corrected chi connectivity index (χ3v) is 5.77. The molecule has 0 bridgehead atoms. The first-order valence-corrected chi connectivity index (χ1v) is 8.46. The van der Waals surface area contributed by atoms with Gasteiger partial charge in [-0.15, -0.1) is 0 Å². The maximum atomic E-state index is 11.8. The highest BCUT2D eigenvalue weighted by atomic mass is 32.2. The van der Waals surface area contributed by atoms with Gasteiger partial charge in [0.25, 0.3) is 10.0 Å². The molecule has 1 unspecified atom stereocenters. The largest absolute Gasteiger partial charge is 0.452 e. The topological polar surface area (TPSA) is 93.5 Å². The first-order chi connectivity index (χ1) is 7.89. The molecule has 1 N–H and O–H groups in total. The highest BCUT2D eigenvalue weighted by Gasteiger charge is 2.29. The Hall–Kier alpha value is -0.860. The standard InChI is InChI=1S/C9H13NO5S2/c11-16(12)6-2-3-8(7-16)10-17(13,14)9-4-1-5-15-9/h1,4-5,8,10H,2-3,6-7H2. The number of rotatable bonds is 3. The van der Waals surface area contributed by atoms with Crippen molar-refractivity contribution in [2.45, 2.75) is 24.0 Å². The minimum absolute atomic E-state index is 0.131. The molecule has 1 aliphatic heterocycles. The van der Waals surface area contributed by atoms with Crippen LogP contribution in [-0.2, 0) is 19.9 Å². The molecule has 1 aliphatic rings. The summed E-state index contributed by atoms with van der Waals surface area (Å²) in [7, 11) is -6.88. The molecular formula is C9H13NO5S2. The van der Waals surface area contributed by atoms with E-state index in [0.29, 0.717) is 12.8 Å². The fourth-order valence-corrected chi connectivity index (χ4v) is 4.75. The molecule has 0 aliphatic carbocycles. The van der Waals surface area contributed by atoms with Crippen LogP contribution in [0, 0.1) is 0 Å². The smallest absolute Gasteiger partial charge is 0.274 e. The van der Waals surface area contributed by atoms with Gasteiger partial charge in [0.15, 0.2) is 9.84 Å². The average Bonchev–Trinajstić information content (AvgIpc) is 2.67. The van der Waals surface area contributed by atoms with Crippen molar-refractivity contribution < 1.29 is 21.3 Å². The van der Waals surface area contributed by atoms with Crippen molar-refractivity contribution in [2.75, 3.05) is 11.5 Å². The SMILES string of the molecule is O=S1(=O)CCCC(NS(=O)(=O)c2ccco2)C1. The van der Waals surface area contributed by atoms with Crippen LogP contribution in [-0.4, -0.2) is 34.4 Å². The van der Waals surface area contributed by atoms with Crippen molar-refractivity contribution in [3.05, 3.63) is 18.4 Å². The monoisotopic (exact) mass is 279 g/mol. The summed E-state index contributed by atoms with van der Waals surface area (Å²) in [5.74, 6) is -0.0150. The molecule has 6 nitrogen and oxygen atoms in total. The van der Waals surface area contributed by atoms with Gasteiger partial charge in [-0.3, -0.25) is 0 Å². The summed E-state index contributed by atoms with van der Waals surface area (Å²) in [5, 5.41) is -0.194. The highest BCUT2D eigenvalue weighted by molar-refractivity contribution is 7.91. The Morgan fingerprint density at radius 1 is 1.41 bits per heavy atom. The summed E-state index contributed by atoms with van der Waals surface area (Å²) in [6.07, 6.45) is 2.26. The van der Waals surface area contributed by atoms with Gasteiger partial charge in [-0.05, 0) is 25.0 Å². The lowest BCUT2D eigenvalue weighted by Gasteiger charge is -2.22. The molecule has 0 saturated carbocycles. The molecule has 0 spiro atoms. The molecule has 96 valence electrons. The molecule has 1 saturated heterocycles. The Kier molecular flexibility index (Phi) is 3.28. The van der Waals surface area contributed by atoms with Gasteiger partial charge in [0, 0.05) is 6.04 Å². The molecular weight excluding hydrogens is 266 g/mol. The van der Waals surface area contributed by atoms with Crippen LogP contribution in [0.25, 0.3) is 0 Å². The van der Waals surface area contributed by atoms with Gasteiger partial charge in [0.1, 0.15) is 0 Å². The van der Waals surface area contributed by atoms with Gasteiger partial charge in [-0.25, -0.2) is 21.6 Å². The molecule has 1 aromatic rings.